The molecule has 0 aliphatic rings. The van der Waals surface area contributed by atoms with Crippen LogP contribution in [0.15, 0.2) is 42.5 Å². The zero-order chi connectivity index (χ0) is 16.2. The highest BCUT2D eigenvalue weighted by Gasteiger charge is 2.08. The van der Waals surface area contributed by atoms with Crippen LogP contribution in [0.1, 0.15) is 5.56 Å². The van der Waals surface area contributed by atoms with E-state index in [0.717, 1.165) is 5.56 Å². The Morgan fingerprint density at radius 1 is 1.13 bits per heavy atom. The minimum absolute atomic E-state index is 0.182. The van der Waals surface area contributed by atoms with Gasteiger partial charge in [0.25, 0.3) is 5.91 Å². The normalized spacial score (nSPS) is 10.7. The van der Waals surface area contributed by atoms with E-state index in [1.807, 2.05) is 12.1 Å². The molecule has 0 atom stereocenters. The maximum atomic E-state index is 11.8. The molecule has 0 aliphatic heterocycles. The number of nitrogens with zero attached hydrogens (tertiary/aromatic N) is 3. The minimum Gasteiger partial charge on any atom is -0.385 e. The molecule has 0 saturated heterocycles. The summed E-state index contributed by atoms with van der Waals surface area (Å²) in [4.78, 5) is 18.4. The van der Waals surface area contributed by atoms with Gasteiger partial charge in [-0.05, 0) is 41.1 Å². The third kappa shape index (κ3) is 3.91. The van der Waals surface area contributed by atoms with E-state index in [2.05, 4.69) is 15.6 Å². The lowest BCUT2D eigenvalue weighted by Crippen LogP contribution is -2.31. The number of hydrogen-bond acceptors (Lipinski definition) is 4. The molecule has 0 aliphatic carbocycles. The number of halogens is 2. The molecule has 3 rings (SSSR count). The van der Waals surface area contributed by atoms with E-state index in [4.69, 9.17) is 28.0 Å². The fourth-order valence-corrected chi connectivity index (χ4v) is 2.23. The van der Waals surface area contributed by atoms with Crippen LogP contribution in [0.2, 0.25) is 10.0 Å². The molecule has 1 amide bonds. The lowest BCUT2D eigenvalue weighted by Gasteiger charge is -2.07. The molecule has 6 nitrogen and oxygen atoms in total. The minimum atomic E-state index is -0.273. The second kappa shape index (κ2) is 6.85. The molecule has 1 N–H and O–H groups in total. The lowest BCUT2D eigenvalue weighted by atomic mass is 10.2. The number of carbonyl (C=O) groups excluding carboxylic acids is 1. The van der Waals surface area contributed by atoms with Crippen molar-refractivity contribution in [2.75, 3.05) is 6.61 Å². The maximum absolute atomic E-state index is 11.8. The van der Waals surface area contributed by atoms with Gasteiger partial charge >= 0.3 is 0 Å². The van der Waals surface area contributed by atoms with Gasteiger partial charge in [-0.1, -0.05) is 40.2 Å². The van der Waals surface area contributed by atoms with Crippen molar-refractivity contribution in [1.82, 2.24) is 20.5 Å². The summed E-state index contributed by atoms with van der Waals surface area (Å²) in [7, 11) is 0. The Kier molecular flexibility index (Phi) is 4.64. The Morgan fingerprint density at radius 2 is 1.87 bits per heavy atom. The molecule has 1 aromatic heterocycles. The zero-order valence-electron chi connectivity index (χ0n) is 11.9. The first-order valence-electron chi connectivity index (χ1n) is 6.77. The van der Waals surface area contributed by atoms with Crippen LogP contribution in [0.4, 0.5) is 0 Å². The molecular formula is C15H12Cl2N4O2. The van der Waals surface area contributed by atoms with Gasteiger partial charge < -0.3 is 10.2 Å². The van der Waals surface area contributed by atoms with E-state index < -0.39 is 0 Å². The first-order valence-corrected chi connectivity index (χ1v) is 7.53. The number of amides is 1. The molecule has 2 aromatic carbocycles. The number of hydrogen-bond donors (Lipinski definition) is 1. The van der Waals surface area contributed by atoms with E-state index in [9.17, 15) is 4.79 Å². The van der Waals surface area contributed by atoms with Crippen molar-refractivity contribution in [2.24, 2.45) is 0 Å². The maximum Gasteiger partial charge on any atom is 0.261 e. The van der Waals surface area contributed by atoms with Crippen molar-refractivity contribution >= 4 is 40.1 Å². The summed E-state index contributed by atoms with van der Waals surface area (Å²) in [5, 5.41) is 11.7. The molecule has 1 heterocycles. The van der Waals surface area contributed by atoms with Crippen LogP contribution in [-0.4, -0.2) is 27.7 Å². The van der Waals surface area contributed by atoms with Gasteiger partial charge in [-0.15, -0.1) is 5.10 Å². The molecule has 118 valence electrons. The molecule has 0 spiro atoms. The first kappa shape index (κ1) is 15.6. The van der Waals surface area contributed by atoms with Crippen molar-refractivity contribution in [3.63, 3.8) is 0 Å². The molecule has 0 unspecified atom stereocenters. The summed E-state index contributed by atoms with van der Waals surface area (Å²) < 4.78 is 0. The number of benzene rings is 2. The Bertz CT molecular complexity index is 833. The van der Waals surface area contributed by atoms with Gasteiger partial charge in [-0.2, -0.15) is 0 Å². The van der Waals surface area contributed by atoms with Crippen molar-refractivity contribution < 1.29 is 9.63 Å². The molecule has 0 fully saturated rings. The third-order valence-electron chi connectivity index (χ3n) is 3.10. The summed E-state index contributed by atoms with van der Waals surface area (Å²) in [5.41, 5.74) is 2.18. The number of nitrogens with one attached hydrogen (secondary N) is 1. The standard InChI is InChI=1S/C15H12Cl2N4O2/c16-11-3-1-10(2-4-11)8-18-15(22)9-23-21-14-7-12(17)5-6-13(14)19-20-21/h1-7H,8-9H2,(H,18,22). The Labute approximate surface area is 141 Å². The van der Waals surface area contributed by atoms with Crippen molar-refractivity contribution in [2.45, 2.75) is 6.54 Å². The zero-order valence-corrected chi connectivity index (χ0v) is 13.4. The Balaban J connectivity index is 1.55. The van der Waals surface area contributed by atoms with Gasteiger partial charge in [0.05, 0.1) is 0 Å². The average Bonchev–Trinajstić information content (AvgIpc) is 2.94. The largest absolute Gasteiger partial charge is 0.385 e. The van der Waals surface area contributed by atoms with Gasteiger partial charge in [-0.25, -0.2) is 0 Å². The summed E-state index contributed by atoms with van der Waals surface area (Å²) in [6, 6.07) is 12.3. The number of fused-ring (bicyclic) bond motifs is 1. The molecule has 0 saturated carbocycles. The SMILES string of the molecule is O=C(COn1nnc2ccc(Cl)cc21)NCc1ccc(Cl)cc1. The van der Waals surface area contributed by atoms with E-state index in [0.29, 0.717) is 27.6 Å². The Hall–Kier alpha value is -2.31. The third-order valence-corrected chi connectivity index (χ3v) is 3.59. The fraction of sp³-hybridized carbons (Fsp3) is 0.133. The lowest BCUT2D eigenvalue weighted by molar-refractivity contribution is -0.126. The van der Waals surface area contributed by atoms with Gasteiger partial charge in [0.15, 0.2) is 6.61 Å². The smallest absolute Gasteiger partial charge is 0.261 e. The van der Waals surface area contributed by atoms with Crippen LogP contribution >= 0.6 is 23.2 Å². The van der Waals surface area contributed by atoms with Crippen LogP contribution in [0.5, 0.6) is 0 Å². The van der Waals surface area contributed by atoms with Crippen molar-refractivity contribution in [3.05, 3.63) is 58.1 Å². The van der Waals surface area contributed by atoms with E-state index >= 15 is 0 Å². The topological polar surface area (TPSA) is 69.0 Å². The fourth-order valence-electron chi connectivity index (χ4n) is 1.94. The van der Waals surface area contributed by atoms with Crippen LogP contribution in [0.25, 0.3) is 11.0 Å². The average molecular weight is 351 g/mol. The molecule has 0 radical (unpaired) electrons. The first-order chi connectivity index (χ1) is 11.1. The van der Waals surface area contributed by atoms with Gasteiger partial charge in [0.1, 0.15) is 11.0 Å². The summed E-state index contributed by atoms with van der Waals surface area (Å²) in [5.74, 6) is -0.273. The van der Waals surface area contributed by atoms with Crippen molar-refractivity contribution in [1.29, 1.82) is 0 Å². The molecule has 3 aromatic rings. The van der Waals surface area contributed by atoms with Gasteiger partial charge in [0, 0.05) is 16.6 Å². The number of carbonyl (C=O) groups is 1. The second-order valence-electron chi connectivity index (χ2n) is 4.77. The van der Waals surface area contributed by atoms with Gasteiger partial charge in [-0.3, -0.25) is 4.79 Å². The summed E-state index contributed by atoms with van der Waals surface area (Å²) >= 11 is 11.7. The number of aromatic nitrogens is 3. The van der Waals surface area contributed by atoms with Crippen molar-refractivity contribution in [3.8, 4) is 0 Å². The van der Waals surface area contributed by atoms with Gasteiger partial charge in [0.2, 0.25) is 0 Å². The van der Waals surface area contributed by atoms with E-state index in [1.54, 1.807) is 30.3 Å². The summed E-state index contributed by atoms with van der Waals surface area (Å²) in [6.07, 6.45) is 0. The highest BCUT2D eigenvalue weighted by molar-refractivity contribution is 6.31. The summed E-state index contributed by atoms with van der Waals surface area (Å²) in [6.45, 7) is 0.210. The van der Waals surface area contributed by atoms with E-state index in [-0.39, 0.29) is 12.5 Å². The highest BCUT2D eigenvalue weighted by Crippen LogP contribution is 2.16. The quantitative estimate of drug-likeness (QED) is 0.767. The van der Waals surface area contributed by atoms with E-state index in [1.165, 1.54) is 4.85 Å². The monoisotopic (exact) mass is 350 g/mol. The van der Waals surface area contributed by atoms with Crippen LogP contribution in [0, 0.1) is 0 Å². The Morgan fingerprint density at radius 3 is 2.65 bits per heavy atom. The van der Waals surface area contributed by atoms with Crippen LogP contribution in [0.3, 0.4) is 0 Å². The van der Waals surface area contributed by atoms with Crippen LogP contribution < -0.4 is 10.2 Å². The second-order valence-corrected chi connectivity index (χ2v) is 5.64. The molecule has 23 heavy (non-hydrogen) atoms. The molecular weight excluding hydrogens is 339 g/mol. The number of rotatable bonds is 5. The molecule has 8 heteroatoms. The predicted molar refractivity (Wildman–Crippen MR) is 87.3 cm³/mol. The molecule has 0 bridgehead atoms. The highest BCUT2D eigenvalue weighted by atomic mass is 35.5. The predicted octanol–water partition coefficient (Wildman–Crippen LogP) is 2.48. The van der Waals surface area contributed by atoms with Crippen LogP contribution in [-0.2, 0) is 11.3 Å².